The third-order valence-electron chi connectivity index (χ3n) is 3.60. The Labute approximate surface area is 116 Å². The monoisotopic (exact) mass is 259 g/mol. The van der Waals surface area contributed by atoms with Crippen molar-refractivity contribution < 1.29 is 0 Å². The van der Waals surface area contributed by atoms with Crippen molar-refractivity contribution in [2.24, 2.45) is 5.92 Å². The third-order valence-corrected chi connectivity index (χ3v) is 3.60. The lowest BCUT2D eigenvalue weighted by Crippen LogP contribution is -2.15. The lowest BCUT2D eigenvalue weighted by molar-refractivity contribution is 0.489. The molecule has 3 nitrogen and oxygen atoms in total. The van der Waals surface area contributed by atoms with Crippen LogP contribution in [0.5, 0.6) is 0 Å². The maximum atomic E-state index is 4.82. The fraction of sp³-hybridized carbons (Fsp3) is 0.562. The van der Waals surface area contributed by atoms with E-state index in [1.807, 2.05) is 7.05 Å². The Bertz CT molecular complexity index is 516. The summed E-state index contributed by atoms with van der Waals surface area (Å²) in [7, 11) is 2.01. The van der Waals surface area contributed by atoms with E-state index in [1.54, 1.807) is 0 Å². The second kappa shape index (κ2) is 6.71. The molecular weight excluding hydrogens is 234 g/mol. The number of imidazole rings is 1. The van der Waals surface area contributed by atoms with Gasteiger partial charge in [-0.2, -0.15) is 0 Å². The van der Waals surface area contributed by atoms with E-state index in [4.69, 9.17) is 4.98 Å². The molecule has 2 rings (SSSR count). The molecule has 0 amide bonds. The van der Waals surface area contributed by atoms with E-state index in [9.17, 15) is 0 Å². The zero-order chi connectivity index (χ0) is 13.7. The van der Waals surface area contributed by atoms with Gasteiger partial charge in [-0.3, -0.25) is 0 Å². The molecular formula is C16H25N3. The highest BCUT2D eigenvalue weighted by Gasteiger charge is 2.12. The molecule has 0 radical (unpaired) electrons. The normalized spacial score (nSPS) is 13.0. The van der Waals surface area contributed by atoms with Crippen LogP contribution in [0, 0.1) is 5.92 Å². The second-order valence-electron chi connectivity index (χ2n) is 5.37. The van der Waals surface area contributed by atoms with E-state index in [2.05, 4.69) is 48.0 Å². The molecule has 1 aromatic carbocycles. The molecule has 1 atom stereocenters. The topological polar surface area (TPSA) is 29.9 Å². The summed E-state index contributed by atoms with van der Waals surface area (Å²) in [6.07, 6.45) is 3.42. The van der Waals surface area contributed by atoms with E-state index >= 15 is 0 Å². The maximum absolute atomic E-state index is 4.82. The third kappa shape index (κ3) is 3.35. The first-order chi connectivity index (χ1) is 9.26. The van der Waals surface area contributed by atoms with Crippen LogP contribution in [0.25, 0.3) is 11.0 Å². The smallest absolute Gasteiger partial charge is 0.110 e. The number of nitrogens with zero attached hydrogens (tertiary/aromatic N) is 2. The molecule has 0 bridgehead atoms. The summed E-state index contributed by atoms with van der Waals surface area (Å²) >= 11 is 0. The fourth-order valence-corrected chi connectivity index (χ4v) is 2.56. The molecule has 0 aliphatic heterocycles. The molecule has 1 unspecified atom stereocenters. The predicted octanol–water partition coefficient (Wildman–Crippen LogP) is 3.23. The standard InChI is InChI=1S/C16H25N3/c1-4-11-19-15-8-6-5-7-14(15)18-16(19)12-13(2)9-10-17-3/h5-8,13,17H,4,9-12H2,1-3H3. The van der Waals surface area contributed by atoms with Gasteiger partial charge in [0.05, 0.1) is 11.0 Å². The Morgan fingerprint density at radius 2 is 2.11 bits per heavy atom. The van der Waals surface area contributed by atoms with Crippen molar-refractivity contribution in [1.29, 1.82) is 0 Å². The van der Waals surface area contributed by atoms with Gasteiger partial charge in [-0.25, -0.2) is 4.98 Å². The number of benzene rings is 1. The summed E-state index contributed by atoms with van der Waals surface area (Å²) in [6, 6.07) is 8.47. The highest BCUT2D eigenvalue weighted by Crippen LogP contribution is 2.19. The summed E-state index contributed by atoms with van der Waals surface area (Å²) in [6.45, 7) is 6.68. The number of nitrogens with one attached hydrogen (secondary N) is 1. The van der Waals surface area contributed by atoms with Crippen LogP contribution in [0.3, 0.4) is 0 Å². The Kier molecular flexibility index (Phi) is 4.97. The Morgan fingerprint density at radius 1 is 1.32 bits per heavy atom. The van der Waals surface area contributed by atoms with E-state index < -0.39 is 0 Å². The minimum absolute atomic E-state index is 0.667. The Hall–Kier alpha value is -1.35. The average molecular weight is 259 g/mol. The van der Waals surface area contributed by atoms with Crippen LogP contribution in [0.1, 0.15) is 32.5 Å². The summed E-state index contributed by atoms with van der Waals surface area (Å²) < 4.78 is 2.39. The molecule has 0 spiro atoms. The maximum Gasteiger partial charge on any atom is 0.110 e. The van der Waals surface area contributed by atoms with Gasteiger partial charge in [-0.15, -0.1) is 0 Å². The number of rotatable bonds is 7. The van der Waals surface area contributed by atoms with Crippen molar-refractivity contribution in [1.82, 2.24) is 14.9 Å². The summed E-state index contributed by atoms with van der Waals surface area (Å²) in [5.41, 5.74) is 2.41. The highest BCUT2D eigenvalue weighted by molar-refractivity contribution is 5.75. The number of hydrogen-bond acceptors (Lipinski definition) is 2. The summed E-state index contributed by atoms with van der Waals surface area (Å²) in [5, 5.41) is 3.22. The van der Waals surface area contributed by atoms with E-state index in [-0.39, 0.29) is 0 Å². The molecule has 0 saturated heterocycles. The molecule has 19 heavy (non-hydrogen) atoms. The number of aromatic nitrogens is 2. The van der Waals surface area contributed by atoms with Crippen LogP contribution < -0.4 is 5.32 Å². The Morgan fingerprint density at radius 3 is 2.84 bits per heavy atom. The van der Waals surface area contributed by atoms with Crippen molar-refractivity contribution in [3.05, 3.63) is 30.1 Å². The SMILES string of the molecule is CCCn1c(CC(C)CCNC)nc2ccccc21. The van der Waals surface area contributed by atoms with Gasteiger partial charge in [0.1, 0.15) is 5.82 Å². The number of fused-ring (bicyclic) bond motifs is 1. The lowest BCUT2D eigenvalue weighted by atomic mass is 10.0. The van der Waals surface area contributed by atoms with Crippen molar-refractivity contribution in [3.8, 4) is 0 Å². The van der Waals surface area contributed by atoms with Gasteiger partial charge < -0.3 is 9.88 Å². The second-order valence-corrected chi connectivity index (χ2v) is 5.37. The molecule has 1 N–H and O–H groups in total. The van der Waals surface area contributed by atoms with E-state index in [0.717, 1.165) is 31.4 Å². The molecule has 0 aliphatic rings. The van der Waals surface area contributed by atoms with Crippen LogP contribution in [0.15, 0.2) is 24.3 Å². The predicted molar refractivity (Wildman–Crippen MR) is 81.4 cm³/mol. The highest BCUT2D eigenvalue weighted by atomic mass is 15.1. The van der Waals surface area contributed by atoms with Crippen LogP contribution >= 0.6 is 0 Å². The van der Waals surface area contributed by atoms with Crippen LogP contribution in [-0.2, 0) is 13.0 Å². The Balaban J connectivity index is 2.23. The van der Waals surface area contributed by atoms with Gasteiger partial charge in [0.2, 0.25) is 0 Å². The van der Waals surface area contributed by atoms with Crippen molar-refractivity contribution in [3.63, 3.8) is 0 Å². The first kappa shape index (κ1) is 14.1. The quantitative estimate of drug-likeness (QED) is 0.827. The zero-order valence-corrected chi connectivity index (χ0v) is 12.3. The molecule has 0 fully saturated rings. The molecule has 3 heteroatoms. The number of aryl methyl sites for hydroxylation is 1. The van der Waals surface area contributed by atoms with E-state index in [0.29, 0.717) is 5.92 Å². The first-order valence-electron chi connectivity index (χ1n) is 7.35. The van der Waals surface area contributed by atoms with Gasteiger partial charge in [-0.1, -0.05) is 26.0 Å². The van der Waals surface area contributed by atoms with Gasteiger partial charge in [0.25, 0.3) is 0 Å². The molecule has 0 saturated carbocycles. The van der Waals surface area contributed by atoms with Crippen molar-refractivity contribution in [2.45, 2.75) is 39.7 Å². The van der Waals surface area contributed by atoms with Crippen LogP contribution in [0.2, 0.25) is 0 Å². The lowest BCUT2D eigenvalue weighted by Gasteiger charge is -2.12. The van der Waals surface area contributed by atoms with Crippen LogP contribution in [-0.4, -0.2) is 23.1 Å². The molecule has 1 heterocycles. The number of para-hydroxylation sites is 2. The minimum atomic E-state index is 0.667. The van der Waals surface area contributed by atoms with E-state index in [1.165, 1.54) is 17.8 Å². The molecule has 2 aromatic rings. The minimum Gasteiger partial charge on any atom is -0.328 e. The average Bonchev–Trinajstić information content (AvgIpc) is 2.75. The van der Waals surface area contributed by atoms with Crippen molar-refractivity contribution >= 4 is 11.0 Å². The fourth-order valence-electron chi connectivity index (χ4n) is 2.56. The van der Waals surface area contributed by atoms with Gasteiger partial charge in [-0.05, 0) is 44.5 Å². The van der Waals surface area contributed by atoms with Gasteiger partial charge in [0.15, 0.2) is 0 Å². The number of hydrogen-bond donors (Lipinski definition) is 1. The van der Waals surface area contributed by atoms with Gasteiger partial charge in [0, 0.05) is 13.0 Å². The van der Waals surface area contributed by atoms with Gasteiger partial charge >= 0.3 is 0 Å². The van der Waals surface area contributed by atoms with Crippen molar-refractivity contribution in [2.75, 3.05) is 13.6 Å². The zero-order valence-electron chi connectivity index (χ0n) is 12.3. The summed E-state index contributed by atoms with van der Waals surface area (Å²) in [5.74, 6) is 1.91. The largest absolute Gasteiger partial charge is 0.328 e. The molecule has 1 aromatic heterocycles. The molecule has 104 valence electrons. The summed E-state index contributed by atoms with van der Waals surface area (Å²) in [4.78, 5) is 4.82. The van der Waals surface area contributed by atoms with Crippen LogP contribution in [0.4, 0.5) is 0 Å². The molecule has 0 aliphatic carbocycles. The first-order valence-corrected chi connectivity index (χ1v) is 7.35.